The van der Waals surface area contributed by atoms with Crippen LogP contribution in [0, 0.1) is 0 Å². The molecule has 19 heavy (non-hydrogen) atoms. The molecular weight excluding hydrogens is 248 g/mol. The van der Waals surface area contributed by atoms with Crippen molar-refractivity contribution in [2.24, 2.45) is 0 Å². The van der Waals surface area contributed by atoms with E-state index in [2.05, 4.69) is 0 Å². The summed E-state index contributed by atoms with van der Waals surface area (Å²) >= 11 is 0. The monoisotopic (exact) mass is 264 g/mol. The number of aliphatic hydroxyl groups excluding tert-OH is 1. The Kier molecular flexibility index (Phi) is 2.86. The average molecular weight is 264 g/mol. The first kappa shape index (κ1) is 12.3. The van der Waals surface area contributed by atoms with E-state index in [9.17, 15) is 15.0 Å². The number of hydrogen-bond donors (Lipinski definition) is 2. The van der Waals surface area contributed by atoms with Crippen molar-refractivity contribution in [1.29, 1.82) is 0 Å². The Balaban J connectivity index is 1.99. The Bertz CT molecular complexity index is 503. The van der Waals surface area contributed by atoms with Crippen LogP contribution in [0.25, 0.3) is 0 Å². The minimum Gasteiger partial charge on any atom is -0.481 e. The summed E-state index contributed by atoms with van der Waals surface area (Å²) in [6, 6.07) is 5.31. The molecule has 1 aromatic rings. The van der Waals surface area contributed by atoms with Crippen molar-refractivity contribution in [1.82, 2.24) is 0 Å². The zero-order chi connectivity index (χ0) is 13.5. The molecule has 2 N–H and O–H groups in total. The Morgan fingerprint density at radius 3 is 2.58 bits per heavy atom. The van der Waals surface area contributed by atoms with Gasteiger partial charge in [0.05, 0.1) is 11.5 Å². The number of ether oxygens (including phenoxy) is 2. The van der Waals surface area contributed by atoms with Gasteiger partial charge in [-0.1, -0.05) is 6.07 Å². The van der Waals surface area contributed by atoms with E-state index in [1.54, 1.807) is 18.2 Å². The van der Waals surface area contributed by atoms with Gasteiger partial charge in [0.1, 0.15) is 0 Å². The third kappa shape index (κ3) is 1.94. The van der Waals surface area contributed by atoms with Gasteiger partial charge < -0.3 is 19.7 Å². The Labute approximate surface area is 110 Å². The van der Waals surface area contributed by atoms with E-state index in [-0.39, 0.29) is 12.9 Å². The molecular formula is C14H16O5. The Hall–Kier alpha value is -1.75. The Morgan fingerprint density at radius 1 is 1.21 bits per heavy atom. The highest BCUT2D eigenvalue weighted by Crippen LogP contribution is 2.43. The highest BCUT2D eigenvalue weighted by molar-refractivity contribution is 5.82. The van der Waals surface area contributed by atoms with E-state index in [1.807, 2.05) is 0 Å². The average Bonchev–Trinajstić information content (AvgIpc) is 2.86. The van der Waals surface area contributed by atoms with E-state index in [0.29, 0.717) is 37.2 Å². The van der Waals surface area contributed by atoms with Crippen molar-refractivity contribution in [2.75, 3.05) is 6.79 Å². The molecule has 1 aromatic carbocycles. The van der Waals surface area contributed by atoms with Gasteiger partial charge in [-0.25, -0.2) is 0 Å². The largest absolute Gasteiger partial charge is 0.481 e. The maximum Gasteiger partial charge on any atom is 0.314 e. The van der Waals surface area contributed by atoms with Crippen LogP contribution in [-0.2, 0) is 10.2 Å². The van der Waals surface area contributed by atoms with E-state index in [4.69, 9.17) is 9.47 Å². The third-order valence-electron chi connectivity index (χ3n) is 4.14. The fourth-order valence-corrected chi connectivity index (χ4v) is 2.92. The molecule has 3 rings (SSSR count). The smallest absolute Gasteiger partial charge is 0.314 e. The molecule has 1 saturated carbocycles. The third-order valence-corrected chi connectivity index (χ3v) is 4.14. The van der Waals surface area contributed by atoms with Gasteiger partial charge in [0, 0.05) is 0 Å². The number of carboxylic acid groups (broad SMARTS) is 1. The molecule has 0 aromatic heterocycles. The molecule has 0 bridgehead atoms. The lowest BCUT2D eigenvalue weighted by atomic mass is 9.68. The van der Waals surface area contributed by atoms with Gasteiger partial charge in [-0.3, -0.25) is 4.79 Å². The lowest BCUT2D eigenvalue weighted by Gasteiger charge is -2.35. The molecule has 5 heteroatoms. The van der Waals surface area contributed by atoms with Crippen LogP contribution in [0.15, 0.2) is 18.2 Å². The second-order valence-electron chi connectivity index (χ2n) is 5.19. The molecule has 1 fully saturated rings. The number of rotatable bonds is 2. The Morgan fingerprint density at radius 2 is 1.89 bits per heavy atom. The quantitative estimate of drug-likeness (QED) is 0.849. The summed E-state index contributed by atoms with van der Waals surface area (Å²) in [4.78, 5) is 11.7. The predicted octanol–water partition coefficient (Wildman–Crippen LogP) is 1.67. The van der Waals surface area contributed by atoms with Crippen LogP contribution in [0.4, 0.5) is 0 Å². The molecule has 2 aliphatic rings. The van der Waals surface area contributed by atoms with Gasteiger partial charge in [0.25, 0.3) is 0 Å². The fraction of sp³-hybridized carbons (Fsp3) is 0.500. The standard InChI is InChI=1S/C14H16O5/c15-10-3-5-14(6-4-10,13(16)17)9-1-2-11-12(7-9)19-8-18-11/h1-2,7,10,15H,3-6,8H2,(H,16,17). The summed E-state index contributed by atoms with van der Waals surface area (Å²) in [7, 11) is 0. The van der Waals surface area contributed by atoms with Gasteiger partial charge >= 0.3 is 5.97 Å². The van der Waals surface area contributed by atoms with Crippen molar-refractivity contribution in [2.45, 2.75) is 37.2 Å². The van der Waals surface area contributed by atoms with Crippen LogP contribution >= 0.6 is 0 Å². The summed E-state index contributed by atoms with van der Waals surface area (Å²) < 4.78 is 10.6. The first-order valence-corrected chi connectivity index (χ1v) is 6.43. The number of carboxylic acids is 1. The molecule has 0 spiro atoms. The summed E-state index contributed by atoms with van der Waals surface area (Å²) in [5.41, 5.74) is -0.184. The molecule has 0 amide bonds. The van der Waals surface area contributed by atoms with Crippen molar-refractivity contribution in [3.63, 3.8) is 0 Å². The van der Waals surface area contributed by atoms with E-state index < -0.39 is 11.4 Å². The zero-order valence-electron chi connectivity index (χ0n) is 10.5. The SMILES string of the molecule is O=C(O)C1(c2ccc3c(c2)OCO3)CCC(O)CC1. The minimum absolute atomic E-state index is 0.178. The van der Waals surface area contributed by atoms with E-state index in [1.165, 1.54) is 0 Å². The van der Waals surface area contributed by atoms with Crippen LogP contribution in [0.3, 0.4) is 0 Å². The molecule has 0 atom stereocenters. The lowest BCUT2D eigenvalue weighted by molar-refractivity contribution is -0.146. The van der Waals surface area contributed by atoms with Gasteiger partial charge in [-0.15, -0.1) is 0 Å². The molecule has 102 valence electrons. The predicted molar refractivity (Wildman–Crippen MR) is 66.4 cm³/mol. The van der Waals surface area contributed by atoms with Crippen LogP contribution in [0.1, 0.15) is 31.2 Å². The molecule has 1 aliphatic carbocycles. The number of benzene rings is 1. The number of fused-ring (bicyclic) bond motifs is 1. The number of hydrogen-bond acceptors (Lipinski definition) is 4. The summed E-state index contributed by atoms with van der Waals surface area (Å²) in [5.74, 6) is 0.419. The lowest BCUT2D eigenvalue weighted by Crippen LogP contribution is -2.40. The first-order valence-electron chi connectivity index (χ1n) is 6.43. The number of aliphatic carboxylic acids is 1. The molecule has 1 heterocycles. The van der Waals surface area contributed by atoms with E-state index in [0.717, 1.165) is 5.56 Å². The normalized spacial score (nSPS) is 29.2. The minimum atomic E-state index is -0.916. The van der Waals surface area contributed by atoms with Crippen LogP contribution in [0.5, 0.6) is 11.5 Å². The topological polar surface area (TPSA) is 76.0 Å². The maximum atomic E-state index is 11.7. The molecule has 0 saturated heterocycles. The summed E-state index contributed by atoms with van der Waals surface area (Å²) in [6.07, 6.45) is 1.54. The van der Waals surface area contributed by atoms with Gasteiger partial charge in [0.15, 0.2) is 11.5 Å². The van der Waals surface area contributed by atoms with Crippen molar-refractivity contribution < 1.29 is 24.5 Å². The van der Waals surface area contributed by atoms with Crippen LogP contribution < -0.4 is 9.47 Å². The number of aliphatic hydroxyl groups is 1. The van der Waals surface area contributed by atoms with Crippen LogP contribution in [0.2, 0.25) is 0 Å². The van der Waals surface area contributed by atoms with Gasteiger partial charge in [-0.2, -0.15) is 0 Å². The second-order valence-corrected chi connectivity index (χ2v) is 5.19. The van der Waals surface area contributed by atoms with E-state index >= 15 is 0 Å². The zero-order valence-corrected chi connectivity index (χ0v) is 10.5. The van der Waals surface area contributed by atoms with Gasteiger partial charge in [0.2, 0.25) is 6.79 Å². The van der Waals surface area contributed by atoms with Crippen molar-refractivity contribution in [3.8, 4) is 11.5 Å². The van der Waals surface area contributed by atoms with Crippen molar-refractivity contribution in [3.05, 3.63) is 23.8 Å². The highest BCUT2D eigenvalue weighted by atomic mass is 16.7. The first-order chi connectivity index (χ1) is 9.12. The molecule has 1 aliphatic heterocycles. The highest BCUT2D eigenvalue weighted by Gasteiger charge is 2.43. The van der Waals surface area contributed by atoms with Gasteiger partial charge in [-0.05, 0) is 43.4 Å². The molecule has 0 radical (unpaired) electrons. The van der Waals surface area contributed by atoms with Crippen LogP contribution in [-0.4, -0.2) is 29.1 Å². The maximum absolute atomic E-state index is 11.7. The summed E-state index contributed by atoms with van der Waals surface area (Å²) in [6.45, 7) is 0.178. The second kappa shape index (κ2) is 4.42. The number of carbonyl (C=O) groups is 1. The molecule has 5 nitrogen and oxygen atoms in total. The summed E-state index contributed by atoms with van der Waals surface area (Å²) in [5, 5.41) is 19.2. The fourth-order valence-electron chi connectivity index (χ4n) is 2.92. The molecule has 0 unspecified atom stereocenters. The van der Waals surface area contributed by atoms with Crippen molar-refractivity contribution >= 4 is 5.97 Å².